The van der Waals surface area contributed by atoms with Gasteiger partial charge < -0.3 is 10.6 Å². The maximum Gasteiger partial charge on any atom is 0.325 e. The Morgan fingerprint density at radius 2 is 1.79 bits per heavy atom. The zero-order chi connectivity index (χ0) is 20.5. The summed E-state index contributed by atoms with van der Waals surface area (Å²) in [5, 5.41) is 6.25. The number of nitrogens with one attached hydrogen (secondary N) is 2. The Morgan fingerprint density at radius 3 is 2.43 bits per heavy atom. The first-order valence-electron chi connectivity index (χ1n) is 8.42. The van der Waals surface area contributed by atoms with Crippen LogP contribution >= 0.6 is 34.8 Å². The summed E-state index contributed by atoms with van der Waals surface area (Å²) in [4.78, 5) is 38.8. The molecule has 0 bridgehead atoms. The molecule has 1 unspecified atom stereocenters. The highest BCUT2D eigenvalue weighted by Gasteiger charge is 2.51. The van der Waals surface area contributed by atoms with Crippen LogP contribution in [0, 0.1) is 0 Å². The molecule has 0 saturated carbocycles. The van der Waals surface area contributed by atoms with Gasteiger partial charge in [0, 0.05) is 5.02 Å². The average molecular weight is 441 g/mol. The Kier molecular flexibility index (Phi) is 5.84. The summed E-state index contributed by atoms with van der Waals surface area (Å²) in [6, 6.07) is 10.8. The van der Waals surface area contributed by atoms with Crippen molar-refractivity contribution in [3.8, 4) is 0 Å². The van der Waals surface area contributed by atoms with Crippen molar-refractivity contribution >= 4 is 58.3 Å². The predicted molar refractivity (Wildman–Crippen MR) is 109 cm³/mol. The van der Waals surface area contributed by atoms with Gasteiger partial charge in [-0.15, -0.1) is 0 Å². The molecule has 0 aromatic heterocycles. The van der Waals surface area contributed by atoms with E-state index in [4.69, 9.17) is 34.8 Å². The lowest BCUT2D eigenvalue weighted by molar-refractivity contribution is -0.134. The molecule has 1 saturated heterocycles. The number of amides is 4. The van der Waals surface area contributed by atoms with Crippen LogP contribution < -0.4 is 10.6 Å². The zero-order valence-electron chi connectivity index (χ0n) is 14.8. The van der Waals surface area contributed by atoms with Crippen molar-refractivity contribution in [3.05, 3.63) is 63.1 Å². The Balaban J connectivity index is 1.80. The SMILES string of the molecule is CCC1(c2ccc(Cl)cc2)NC(=O)N(CC(=O)Nc2cccc(Cl)c2Cl)C1=O. The maximum absolute atomic E-state index is 13.0. The molecule has 0 radical (unpaired) electrons. The number of anilines is 1. The first-order chi connectivity index (χ1) is 13.3. The number of carbonyl (C=O) groups is 3. The predicted octanol–water partition coefficient (Wildman–Crippen LogP) is 4.44. The van der Waals surface area contributed by atoms with Gasteiger partial charge in [-0.05, 0) is 36.2 Å². The molecule has 3 rings (SSSR count). The number of nitrogens with zero attached hydrogens (tertiary/aromatic N) is 1. The van der Waals surface area contributed by atoms with E-state index in [1.54, 1.807) is 49.4 Å². The molecule has 2 aromatic rings. The number of carbonyl (C=O) groups excluding carboxylic acids is 3. The number of halogens is 3. The van der Waals surface area contributed by atoms with Crippen LogP contribution in [0.2, 0.25) is 15.1 Å². The summed E-state index contributed by atoms with van der Waals surface area (Å²) in [7, 11) is 0. The van der Waals surface area contributed by atoms with Crippen LogP contribution in [0.15, 0.2) is 42.5 Å². The Hall–Kier alpha value is -2.28. The number of rotatable bonds is 5. The fraction of sp³-hybridized carbons (Fsp3) is 0.211. The van der Waals surface area contributed by atoms with E-state index in [9.17, 15) is 14.4 Å². The quantitative estimate of drug-likeness (QED) is 0.675. The standard InChI is InChI=1S/C19H16Cl3N3O3/c1-2-19(11-6-8-12(20)9-7-11)17(27)25(18(28)24-19)10-15(26)23-14-5-3-4-13(21)16(14)22/h3-9H,2,10H2,1H3,(H,23,26)(H,24,28). The van der Waals surface area contributed by atoms with Crippen molar-refractivity contribution in [1.82, 2.24) is 10.2 Å². The molecular weight excluding hydrogens is 425 g/mol. The average Bonchev–Trinajstić information content (AvgIpc) is 2.91. The molecule has 146 valence electrons. The van der Waals surface area contributed by atoms with E-state index in [1.165, 1.54) is 0 Å². The summed E-state index contributed by atoms with van der Waals surface area (Å²) >= 11 is 17.9. The molecule has 6 nitrogen and oxygen atoms in total. The Bertz CT molecular complexity index is 949. The second kappa shape index (κ2) is 7.99. The van der Waals surface area contributed by atoms with E-state index < -0.39 is 29.9 Å². The van der Waals surface area contributed by atoms with Crippen LogP contribution in [0.4, 0.5) is 10.5 Å². The monoisotopic (exact) mass is 439 g/mol. The molecule has 1 fully saturated rings. The molecule has 1 heterocycles. The van der Waals surface area contributed by atoms with Crippen molar-refractivity contribution in [2.24, 2.45) is 0 Å². The Labute approximate surface area is 176 Å². The van der Waals surface area contributed by atoms with Crippen molar-refractivity contribution in [2.75, 3.05) is 11.9 Å². The van der Waals surface area contributed by atoms with Crippen LogP contribution in [0.1, 0.15) is 18.9 Å². The molecule has 4 amide bonds. The van der Waals surface area contributed by atoms with Crippen molar-refractivity contribution in [2.45, 2.75) is 18.9 Å². The number of benzene rings is 2. The zero-order valence-corrected chi connectivity index (χ0v) is 17.0. The van der Waals surface area contributed by atoms with Gasteiger partial charge in [-0.3, -0.25) is 14.5 Å². The topological polar surface area (TPSA) is 78.5 Å². The smallest absolute Gasteiger partial charge is 0.323 e. The highest BCUT2D eigenvalue weighted by Crippen LogP contribution is 2.33. The molecule has 9 heteroatoms. The number of imide groups is 1. The van der Waals surface area contributed by atoms with Crippen LogP contribution in [0.3, 0.4) is 0 Å². The Morgan fingerprint density at radius 1 is 1.11 bits per heavy atom. The van der Waals surface area contributed by atoms with E-state index in [-0.39, 0.29) is 10.0 Å². The lowest BCUT2D eigenvalue weighted by atomic mass is 9.87. The van der Waals surface area contributed by atoms with E-state index in [2.05, 4.69) is 10.6 Å². The molecule has 0 aliphatic carbocycles. The van der Waals surface area contributed by atoms with Crippen molar-refractivity contribution in [3.63, 3.8) is 0 Å². The van der Waals surface area contributed by atoms with Gasteiger partial charge in [-0.1, -0.05) is 59.9 Å². The summed E-state index contributed by atoms with van der Waals surface area (Å²) in [5.74, 6) is -1.08. The van der Waals surface area contributed by atoms with Gasteiger partial charge in [-0.2, -0.15) is 0 Å². The summed E-state index contributed by atoms with van der Waals surface area (Å²) in [5.41, 5.74) is -0.348. The first-order valence-corrected chi connectivity index (χ1v) is 9.56. The van der Waals surface area contributed by atoms with Gasteiger partial charge in [0.2, 0.25) is 5.91 Å². The summed E-state index contributed by atoms with van der Waals surface area (Å²) in [6.45, 7) is 1.32. The van der Waals surface area contributed by atoms with Crippen LogP contribution in [-0.4, -0.2) is 29.3 Å². The summed E-state index contributed by atoms with van der Waals surface area (Å²) in [6.07, 6.45) is 0.317. The fourth-order valence-corrected chi connectivity index (χ4v) is 3.55. The normalized spacial score (nSPS) is 18.9. The number of hydrogen-bond donors (Lipinski definition) is 2. The molecule has 28 heavy (non-hydrogen) atoms. The molecule has 1 aliphatic heterocycles. The third-order valence-corrected chi connectivity index (χ3v) is 5.64. The number of urea groups is 1. The van der Waals surface area contributed by atoms with Crippen LogP contribution in [-0.2, 0) is 15.1 Å². The van der Waals surface area contributed by atoms with Gasteiger partial charge in [0.25, 0.3) is 5.91 Å². The minimum absolute atomic E-state index is 0.179. The molecular formula is C19H16Cl3N3O3. The number of hydrogen-bond acceptors (Lipinski definition) is 3. The highest BCUT2D eigenvalue weighted by atomic mass is 35.5. The van der Waals surface area contributed by atoms with Gasteiger partial charge in [0.1, 0.15) is 12.1 Å². The van der Waals surface area contributed by atoms with E-state index >= 15 is 0 Å². The van der Waals surface area contributed by atoms with Crippen LogP contribution in [0.5, 0.6) is 0 Å². The van der Waals surface area contributed by atoms with Crippen molar-refractivity contribution < 1.29 is 14.4 Å². The van der Waals surface area contributed by atoms with E-state index in [0.29, 0.717) is 22.7 Å². The van der Waals surface area contributed by atoms with Gasteiger partial charge in [0.05, 0.1) is 15.7 Å². The van der Waals surface area contributed by atoms with Crippen LogP contribution in [0.25, 0.3) is 0 Å². The molecule has 2 N–H and O–H groups in total. The lowest BCUT2D eigenvalue weighted by Crippen LogP contribution is -2.44. The maximum atomic E-state index is 13.0. The molecule has 2 aromatic carbocycles. The van der Waals surface area contributed by atoms with E-state index in [0.717, 1.165) is 4.90 Å². The van der Waals surface area contributed by atoms with Gasteiger partial charge in [-0.25, -0.2) is 4.79 Å². The first kappa shape index (κ1) is 20.5. The molecule has 0 spiro atoms. The minimum atomic E-state index is -1.24. The molecule has 1 aliphatic rings. The highest BCUT2D eigenvalue weighted by molar-refractivity contribution is 6.44. The minimum Gasteiger partial charge on any atom is -0.323 e. The van der Waals surface area contributed by atoms with Crippen molar-refractivity contribution in [1.29, 1.82) is 0 Å². The second-order valence-electron chi connectivity index (χ2n) is 6.24. The summed E-state index contributed by atoms with van der Waals surface area (Å²) < 4.78 is 0. The van der Waals surface area contributed by atoms with E-state index in [1.807, 2.05) is 0 Å². The largest absolute Gasteiger partial charge is 0.325 e. The van der Waals surface area contributed by atoms with Gasteiger partial charge >= 0.3 is 6.03 Å². The fourth-order valence-electron chi connectivity index (χ4n) is 3.08. The second-order valence-corrected chi connectivity index (χ2v) is 7.46. The van der Waals surface area contributed by atoms with Gasteiger partial charge in [0.15, 0.2) is 0 Å². The lowest BCUT2D eigenvalue weighted by Gasteiger charge is -2.25. The third-order valence-electron chi connectivity index (χ3n) is 4.57. The third kappa shape index (κ3) is 3.68. The molecule has 1 atom stereocenters.